The Balaban J connectivity index is 1.77. The van der Waals surface area contributed by atoms with Gasteiger partial charge in [0.05, 0.1) is 6.04 Å². The molecule has 2 unspecified atom stereocenters. The maximum absolute atomic E-state index is 5.92. The number of nitrogens with zero attached hydrogens (tertiary/aromatic N) is 1. The highest BCUT2D eigenvalue weighted by Gasteiger charge is 2.26. The fraction of sp³-hybridized carbons (Fsp3) is 0.917. The molecule has 0 aromatic rings. The van der Waals surface area contributed by atoms with Crippen LogP contribution in [0.2, 0.25) is 0 Å². The molecular formula is C12H23N3. The Hall–Kier alpha value is -0.730. The minimum Gasteiger partial charge on any atom is -0.370 e. The summed E-state index contributed by atoms with van der Waals surface area (Å²) in [7, 11) is 0. The molecule has 3 nitrogen and oxygen atoms in total. The van der Waals surface area contributed by atoms with E-state index in [0.29, 0.717) is 18.0 Å². The van der Waals surface area contributed by atoms with E-state index in [9.17, 15) is 0 Å². The summed E-state index contributed by atoms with van der Waals surface area (Å²) in [6, 6.07) is 1.07. The Morgan fingerprint density at radius 3 is 2.40 bits per heavy atom. The van der Waals surface area contributed by atoms with Crippen LogP contribution < -0.4 is 11.1 Å². The normalized spacial score (nSPS) is 33.5. The van der Waals surface area contributed by atoms with Crippen molar-refractivity contribution in [3.05, 3.63) is 0 Å². The van der Waals surface area contributed by atoms with E-state index in [1.165, 1.54) is 44.9 Å². The Bertz CT molecular complexity index is 231. The van der Waals surface area contributed by atoms with Crippen molar-refractivity contribution in [1.29, 1.82) is 0 Å². The second kappa shape index (κ2) is 4.86. The zero-order valence-corrected chi connectivity index (χ0v) is 9.71. The molecule has 0 amide bonds. The highest BCUT2D eigenvalue weighted by atomic mass is 15.1. The smallest absolute Gasteiger partial charge is 0.189 e. The van der Waals surface area contributed by atoms with E-state index in [1.807, 2.05) is 0 Å². The average Bonchev–Trinajstić information content (AvgIpc) is 2.25. The number of nitrogens with two attached hydrogens (primary N) is 1. The third kappa shape index (κ3) is 2.86. The number of rotatable bonds is 2. The number of nitrogens with one attached hydrogen (secondary N) is 1. The van der Waals surface area contributed by atoms with Gasteiger partial charge in [-0.1, -0.05) is 26.2 Å². The van der Waals surface area contributed by atoms with E-state index in [1.54, 1.807) is 0 Å². The molecule has 2 rings (SSSR count). The number of guanidine groups is 1. The number of hydrogen-bond acceptors (Lipinski definition) is 1. The van der Waals surface area contributed by atoms with Crippen LogP contribution in [0.25, 0.3) is 0 Å². The van der Waals surface area contributed by atoms with Gasteiger partial charge in [-0.15, -0.1) is 0 Å². The Morgan fingerprint density at radius 1 is 1.13 bits per heavy atom. The van der Waals surface area contributed by atoms with Crippen LogP contribution in [0.5, 0.6) is 0 Å². The van der Waals surface area contributed by atoms with Gasteiger partial charge >= 0.3 is 0 Å². The molecule has 2 saturated carbocycles. The second-order valence-corrected chi connectivity index (χ2v) is 5.12. The maximum atomic E-state index is 5.92. The third-order valence-corrected chi connectivity index (χ3v) is 3.84. The van der Waals surface area contributed by atoms with Crippen LogP contribution in [-0.4, -0.2) is 18.0 Å². The summed E-state index contributed by atoms with van der Waals surface area (Å²) in [5.74, 6) is 1.41. The largest absolute Gasteiger partial charge is 0.370 e. The molecule has 0 saturated heterocycles. The molecule has 0 aromatic heterocycles. The minimum absolute atomic E-state index is 0.487. The van der Waals surface area contributed by atoms with Crippen molar-refractivity contribution in [2.75, 3.05) is 0 Å². The van der Waals surface area contributed by atoms with Crippen LogP contribution in [0.4, 0.5) is 0 Å². The van der Waals surface area contributed by atoms with Gasteiger partial charge in [0.25, 0.3) is 0 Å². The fourth-order valence-electron chi connectivity index (χ4n) is 2.51. The molecule has 0 heterocycles. The van der Waals surface area contributed by atoms with Gasteiger partial charge in [-0.3, -0.25) is 0 Å². The predicted octanol–water partition coefficient (Wildman–Crippen LogP) is 2.02. The van der Waals surface area contributed by atoms with Crippen molar-refractivity contribution < 1.29 is 0 Å². The van der Waals surface area contributed by atoms with E-state index in [4.69, 9.17) is 5.73 Å². The lowest BCUT2D eigenvalue weighted by atomic mass is 9.82. The zero-order valence-electron chi connectivity index (χ0n) is 9.71. The molecule has 0 radical (unpaired) electrons. The van der Waals surface area contributed by atoms with Crippen molar-refractivity contribution in [1.82, 2.24) is 5.32 Å². The van der Waals surface area contributed by atoms with Crippen LogP contribution in [0.1, 0.15) is 51.9 Å². The van der Waals surface area contributed by atoms with Crippen LogP contribution >= 0.6 is 0 Å². The second-order valence-electron chi connectivity index (χ2n) is 5.12. The average molecular weight is 209 g/mol. The zero-order chi connectivity index (χ0) is 10.7. The van der Waals surface area contributed by atoms with E-state index in [-0.39, 0.29) is 0 Å². The molecule has 2 aliphatic carbocycles. The standard InChI is InChI=1S/C12H23N3/c1-9-7-8-11(9)15-12(13)14-10-5-3-2-4-6-10/h9-11H,2-8H2,1H3,(H3,13,14,15). The van der Waals surface area contributed by atoms with Gasteiger partial charge in [-0.05, 0) is 31.6 Å². The van der Waals surface area contributed by atoms with Gasteiger partial charge in [-0.2, -0.15) is 0 Å². The molecule has 0 aromatic carbocycles. The molecule has 3 heteroatoms. The van der Waals surface area contributed by atoms with E-state index < -0.39 is 0 Å². The first-order chi connectivity index (χ1) is 7.25. The Labute approximate surface area is 92.5 Å². The fourth-order valence-corrected chi connectivity index (χ4v) is 2.51. The van der Waals surface area contributed by atoms with Crippen molar-refractivity contribution in [3.63, 3.8) is 0 Å². The monoisotopic (exact) mass is 209 g/mol. The van der Waals surface area contributed by atoms with Gasteiger partial charge in [0.2, 0.25) is 0 Å². The summed E-state index contributed by atoms with van der Waals surface area (Å²) < 4.78 is 0. The van der Waals surface area contributed by atoms with E-state index in [2.05, 4.69) is 17.2 Å². The summed E-state index contributed by atoms with van der Waals surface area (Å²) in [5.41, 5.74) is 5.92. The number of hydrogen-bond donors (Lipinski definition) is 2. The molecule has 0 bridgehead atoms. The van der Waals surface area contributed by atoms with Crippen molar-refractivity contribution in [2.45, 2.75) is 64.0 Å². The third-order valence-electron chi connectivity index (χ3n) is 3.84. The van der Waals surface area contributed by atoms with E-state index >= 15 is 0 Å². The lowest BCUT2D eigenvalue weighted by Gasteiger charge is -2.31. The van der Waals surface area contributed by atoms with Crippen LogP contribution in [0.3, 0.4) is 0 Å². The van der Waals surface area contributed by atoms with Gasteiger partial charge < -0.3 is 11.1 Å². The lowest BCUT2D eigenvalue weighted by Crippen LogP contribution is -2.43. The van der Waals surface area contributed by atoms with Gasteiger partial charge in [0, 0.05) is 6.04 Å². The molecule has 2 atom stereocenters. The summed E-state index contributed by atoms with van der Waals surface area (Å²) >= 11 is 0. The van der Waals surface area contributed by atoms with Crippen molar-refractivity contribution >= 4 is 5.96 Å². The summed E-state index contributed by atoms with van der Waals surface area (Å²) in [4.78, 5) is 4.54. The highest BCUT2D eigenvalue weighted by Crippen LogP contribution is 2.29. The lowest BCUT2D eigenvalue weighted by molar-refractivity contribution is 0.282. The van der Waals surface area contributed by atoms with Crippen molar-refractivity contribution in [3.8, 4) is 0 Å². The van der Waals surface area contributed by atoms with Gasteiger partial charge in [-0.25, -0.2) is 4.99 Å². The molecular weight excluding hydrogens is 186 g/mol. The summed E-state index contributed by atoms with van der Waals surface area (Å²) in [6.07, 6.45) is 9.11. The van der Waals surface area contributed by atoms with E-state index in [0.717, 1.165) is 5.92 Å². The Kier molecular flexibility index (Phi) is 3.49. The highest BCUT2D eigenvalue weighted by molar-refractivity contribution is 5.78. The van der Waals surface area contributed by atoms with Crippen LogP contribution in [-0.2, 0) is 0 Å². The predicted molar refractivity (Wildman–Crippen MR) is 63.8 cm³/mol. The SMILES string of the molecule is CC1CCC1N=C(N)NC1CCCCC1. The quantitative estimate of drug-likeness (QED) is 0.540. The maximum Gasteiger partial charge on any atom is 0.189 e. The first-order valence-electron chi connectivity index (χ1n) is 6.35. The van der Waals surface area contributed by atoms with Crippen molar-refractivity contribution in [2.24, 2.45) is 16.6 Å². The Morgan fingerprint density at radius 2 is 1.87 bits per heavy atom. The first kappa shape index (κ1) is 10.8. The molecule has 0 spiro atoms. The molecule has 3 N–H and O–H groups in total. The van der Waals surface area contributed by atoms with Gasteiger partial charge in [0.15, 0.2) is 5.96 Å². The molecule has 86 valence electrons. The summed E-state index contributed by atoms with van der Waals surface area (Å²) in [5, 5.41) is 3.37. The molecule has 2 fully saturated rings. The minimum atomic E-state index is 0.487. The topological polar surface area (TPSA) is 50.4 Å². The van der Waals surface area contributed by atoms with Crippen LogP contribution in [0.15, 0.2) is 4.99 Å². The van der Waals surface area contributed by atoms with Gasteiger partial charge in [0.1, 0.15) is 0 Å². The molecule has 0 aliphatic heterocycles. The van der Waals surface area contributed by atoms with Crippen LogP contribution in [0, 0.1) is 5.92 Å². The number of aliphatic imine (C=N–C) groups is 1. The summed E-state index contributed by atoms with van der Waals surface area (Å²) in [6.45, 7) is 2.26. The first-order valence-corrected chi connectivity index (χ1v) is 6.35. The molecule has 15 heavy (non-hydrogen) atoms. The molecule has 2 aliphatic rings.